The first kappa shape index (κ1) is 19.9. The number of nitrogens with one attached hydrogen (secondary N) is 2. The summed E-state index contributed by atoms with van der Waals surface area (Å²) in [6.45, 7) is 5.75. The zero-order valence-corrected chi connectivity index (χ0v) is 18.8. The van der Waals surface area contributed by atoms with E-state index in [0.29, 0.717) is 6.04 Å². The van der Waals surface area contributed by atoms with E-state index in [1.165, 1.54) is 11.8 Å². The van der Waals surface area contributed by atoms with Crippen LogP contribution in [-0.4, -0.2) is 40.7 Å². The fourth-order valence-electron chi connectivity index (χ4n) is 3.85. The normalized spacial score (nSPS) is 14.8. The van der Waals surface area contributed by atoms with Crippen LogP contribution in [0.4, 0.5) is 5.69 Å². The highest BCUT2D eigenvalue weighted by molar-refractivity contribution is 8.00. The first-order valence-corrected chi connectivity index (χ1v) is 11.3. The van der Waals surface area contributed by atoms with Crippen molar-refractivity contribution in [3.63, 3.8) is 0 Å². The van der Waals surface area contributed by atoms with E-state index in [1.54, 1.807) is 4.68 Å². The Morgan fingerprint density at radius 3 is 2.74 bits per heavy atom. The Hall–Kier alpha value is -3.07. The molecule has 3 heterocycles. The molecule has 5 rings (SSSR count). The van der Waals surface area contributed by atoms with Crippen molar-refractivity contribution in [2.24, 2.45) is 7.05 Å². The van der Waals surface area contributed by atoms with Crippen molar-refractivity contribution in [3.8, 4) is 11.4 Å². The van der Waals surface area contributed by atoms with E-state index in [4.69, 9.17) is 0 Å². The zero-order valence-electron chi connectivity index (χ0n) is 18.0. The van der Waals surface area contributed by atoms with E-state index >= 15 is 0 Å². The zero-order chi connectivity index (χ0) is 21.7. The molecular weight excluding hydrogens is 410 g/mol. The molecule has 1 aliphatic rings. The van der Waals surface area contributed by atoms with Gasteiger partial charge in [0.2, 0.25) is 5.91 Å². The summed E-state index contributed by atoms with van der Waals surface area (Å²) in [4.78, 5) is 16.2. The molecule has 31 heavy (non-hydrogen) atoms. The van der Waals surface area contributed by atoms with Crippen LogP contribution in [0.1, 0.15) is 37.2 Å². The van der Waals surface area contributed by atoms with Crippen LogP contribution in [0.3, 0.4) is 0 Å². The number of anilines is 1. The molecule has 4 aromatic rings. The molecule has 1 amide bonds. The molecule has 3 aromatic heterocycles. The number of thioether (sulfide) groups is 1. The number of hydrogen-bond donors (Lipinski definition) is 2. The topological polar surface area (TPSA) is 93.4 Å². The summed E-state index contributed by atoms with van der Waals surface area (Å²) < 4.78 is 3.98. The summed E-state index contributed by atoms with van der Waals surface area (Å²) >= 11 is 1.45. The number of fused-ring (bicyclic) bond motifs is 1. The van der Waals surface area contributed by atoms with Gasteiger partial charge in [0.25, 0.3) is 0 Å². The predicted octanol–water partition coefficient (Wildman–Crippen LogP) is 4.23. The Morgan fingerprint density at radius 2 is 2.03 bits per heavy atom. The molecule has 0 radical (unpaired) electrons. The number of carbonyl (C=O) groups is 1. The third kappa shape index (κ3) is 3.52. The maximum absolute atomic E-state index is 12.9. The molecule has 1 aromatic carbocycles. The van der Waals surface area contributed by atoms with Crippen molar-refractivity contribution in [1.29, 1.82) is 0 Å². The smallest absolute Gasteiger partial charge is 0.237 e. The van der Waals surface area contributed by atoms with Crippen LogP contribution >= 0.6 is 11.8 Å². The monoisotopic (exact) mass is 435 g/mol. The summed E-state index contributed by atoms with van der Waals surface area (Å²) in [6.07, 6.45) is 4.21. The van der Waals surface area contributed by atoms with Gasteiger partial charge in [-0.3, -0.25) is 14.0 Å². The number of nitrogens with zero attached hydrogens (tertiary/aromatic N) is 5. The lowest BCUT2D eigenvalue weighted by Crippen LogP contribution is -2.23. The second-order valence-electron chi connectivity index (χ2n) is 8.07. The molecule has 1 fully saturated rings. The number of para-hydroxylation sites is 1. The first-order valence-electron chi connectivity index (χ1n) is 10.4. The second kappa shape index (κ2) is 7.56. The number of hydrogen-bond acceptors (Lipinski definition) is 5. The van der Waals surface area contributed by atoms with Crippen molar-refractivity contribution in [3.05, 3.63) is 41.9 Å². The van der Waals surface area contributed by atoms with Crippen molar-refractivity contribution < 1.29 is 4.79 Å². The van der Waals surface area contributed by atoms with Crippen molar-refractivity contribution in [2.45, 2.75) is 50.1 Å². The summed E-state index contributed by atoms with van der Waals surface area (Å²) in [5.41, 5.74) is 4.65. The Morgan fingerprint density at radius 1 is 1.26 bits per heavy atom. The van der Waals surface area contributed by atoms with Crippen LogP contribution in [0.25, 0.3) is 22.3 Å². The maximum Gasteiger partial charge on any atom is 0.237 e. The van der Waals surface area contributed by atoms with Crippen molar-refractivity contribution >= 4 is 34.3 Å². The van der Waals surface area contributed by atoms with Crippen LogP contribution in [0.15, 0.2) is 35.6 Å². The summed E-state index contributed by atoms with van der Waals surface area (Å²) in [5, 5.41) is 18.0. The first-order chi connectivity index (χ1) is 14.9. The van der Waals surface area contributed by atoms with Gasteiger partial charge in [-0.15, -0.1) is 10.2 Å². The lowest BCUT2D eigenvalue weighted by molar-refractivity contribution is -0.115. The van der Waals surface area contributed by atoms with Gasteiger partial charge in [0.15, 0.2) is 11.0 Å². The fourth-order valence-corrected chi connectivity index (χ4v) is 4.77. The average Bonchev–Trinajstić information content (AvgIpc) is 3.30. The molecular formula is C22H25N7OS. The number of benzene rings is 1. The molecule has 160 valence electrons. The molecule has 0 saturated heterocycles. The van der Waals surface area contributed by atoms with Gasteiger partial charge in [0.1, 0.15) is 0 Å². The molecule has 9 heteroatoms. The summed E-state index contributed by atoms with van der Waals surface area (Å²) in [5.74, 6) is 0.789. The Kier molecular flexibility index (Phi) is 4.85. The summed E-state index contributed by atoms with van der Waals surface area (Å²) in [6, 6.07) is 8.58. The lowest BCUT2D eigenvalue weighted by Gasteiger charge is -2.13. The number of carbonyl (C=O) groups excluding carboxylic acids is 1. The SMILES string of the molecule is Cc1nn(C)c(C)c1NC(=O)C(C)Sc1nnc(-c2c[nH]c3ccccc23)n1C1CC1. The van der Waals surface area contributed by atoms with Crippen molar-refractivity contribution in [2.75, 3.05) is 5.32 Å². The minimum Gasteiger partial charge on any atom is -0.360 e. The van der Waals surface area contributed by atoms with E-state index < -0.39 is 0 Å². The lowest BCUT2D eigenvalue weighted by atomic mass is 10.1. The standard InChI is InChI=1S/C22H25N7OS/c1-12-19(13(2)28(4)27-12)24-21(30)14(3)31-22-26-25-20(29(22)15-9-10-15)17-11-23-18-8-6-5-7-16(17)18/h5-8,11,14-15,23H,9-10H2,1-4H3,(H,24,30). The van der Waals surface area contributed by atoms with Crippen LogP contribution in [0, 0.1) is 13.8 Å². The molecule has 0 spiro atoms. The predicted molar refractivity (Wildman–Crippen MR) is 122 cm³/mol. The van der Waals surface area contributed by atoms with Gasteiger partial charge < -0.3 is 10.3 Å². The highest BCUT2D eigenvalue weighted by Gasteiger charge is 2.32. The minimum absolute atomic E-state index is 0.0665. The third-order valence-electron chi connectivity index (χ3n) is 5.82. The van der Waals surface area contributed by atoms with E-state index in [9.17, 15) is 4.79 Å². The molecule has 8 nitrogen and oxygen atoms in total. The third-order valence-corrected chi connectivity index (χ3v) is 6.87. The largest absolute Gasteiger partial charge is 0.360 e. The molecule has 1 aliphatic carbocycles. The molecule has 1 atom stereocenters. The van der Waals surface area contributed by atoms with Gasteiger partial charge in [-0.1, -0.05) is 30.0 Å². The van der Waals surface area contributed by atoms with Gasteiger partial charge in [0, 0.05) is 35.8 Å². The van der Waals surface area contributed by atoms with Gasteiger partial charge in [-0.2, -0.15) is 5.10 Å². The maximum atomic E-state index is 12.9. The number of aryl methyl sites for hydroxylation is 2. The average molecular weight is 436 g/mol. The molecule has 0 bridgehead atoms. The number of aromatic amines is 1. The van der Waals surface area contributed by atoms with Gasteiger partial charge in [0.05, 0.1) is 22.3 Å². The number of aromatic nitrogens is 6. The van der Waals surface area contributed by atoms with Crippen LogP contribution in [0.5, 0.6) is 0 Å². The van der Waals surface area contributed by atoms with Gasteiger partial charge in [-0.25, -0.2) is 0 Å². The van der Waals surface area contributed by atoms with E-state index in [-0.39, 0.29) is 11.2 Å². The van der Waals surface area contributed by atoms with E-state index in [0.717, 1.165) is 57.4 Å². The van der Waals surface area contributed by atoms with Crippen LogP contribution < -0.4 is 5.32 Å². The Balaban J connectivity index is 1.41. The second-order valence-corrected chi connectivity index (χ2v) is 9.38. The highest BCUT2D eigenvalue weighted by Crippen LogP contribution is 2.42. The van der Waals surface area contributed by atoms with Crippen LogP contribution in [0.2, 0.25) is 0 Å². The Labute approximate surface area is 184 Å². The number of amides is 1. The highest BCUT2D eigenvalue weighted by atomic mass is 32.2. The Bertz CT molecular complexity index is 1280. The van der Waals surface area contributed by atoms with Crippen LogP contribution in [-0.2, 0) is 11.8 Å². The molecule has 2 N–H and O–H groups in total. The molecule has 1 unspecified atom stereocenters. The van der Waals surface area contributed by atoms with E-state index in [1.807, 2.05) is 46.1 Å². The van der Waals surface area contributed by atoms with E-state index in [2.05, 4.69) is 42.3 Å². The van der Waals surface area contributed by atoms with Gasteiger partial charge >= 0.3 is 0 Å². The number of rotatable bonds is 6. The molecule has 1 saturated carbocycles. The van der Waals surface area contributed by atoms with Crippen molar-refractivity contribution in [1.82, 2.24) is 29.5 Å². The molecule has 0 aliphatic heterocycles. The number of H-pyrrole nitrogens is 1. The minimum atomic E-state index is -0.323. The fraction of sp³-hybridized carbons (Fsp3) is 0.364. The summed E-state index contributed by atoms with van der Waals surface area (Å²) in [7, 11) is 1.88. The quantitative estimate of drug-likeness (QED) is 0.442. The van der Waals surface area contributed by atoms with Gasteiger partial charge in [-0.05, 0) is 39.7 Å².